The second-order valence-electron chi connectivity index (χ2n) is 7.88. The molecule has 0 aliphatic carbocycles. The average molecular weight is 398 g/mol. The van der Waals surface area contributed by atoms with Crippen LogP contribution in [0.15, 0.2) is 24.3 Å². The van der Waals surface area contributed by atoms with Gasteiger partial charge in [-0.1, -0.05) is 12.1 Å². The molecule has 1 amide bonds. The van der Waals surface area contributed by atoms with Crippen LogP contribution in [-0.4, -0.2) is 61.1 Å². The molecule has 1 N–H and O–H groups in total. The highest BCUT2D eigenvalue weighted by Gasteiger charge is 2.27. The average Bonchev–Trinajstić information content (AvgIpc) is 3.17. The predicted octanol–water partition coefficient (Wildman–Crippen LogP) is 2.73. The van der Waals surface area contributed by atoms with Crippen LogP contribution in [0.5, 0.6) is 5.75 Å². The number of methoxy groups -OCH3 is 1. The van der Waals surface area contributed by atoms with Crippen LogP contribution >= 0.6 is 0 Å². The lowest BCUT2D eigenvalue weighted by Gasteiger charge is -2.23. The molecule has 156 valence electrons. The smallest absolute Gasteiger partial charge is 0.291 e. The van der Waals surface area contributed by atoms with Gasteiger partial charge in [-0.25, -0.2) is 9.97 Å². The number of benzene rings is 1. The van der Waals surface area contributed by atoms with E-state index in [0.29, 0.717) is 6.04 Å². The van der Waals surface area contributed by atoms with Crippen molar-refractivity contribution < 1.29 is 9.53 Å². The molecule has 7 nitrogen and oxygen atoms in total. The lowest BCUT2D eigenvalue weighted by molar-refractivity contribution is 0.0815. The lowest BCUT2D eigenvalue weighted by Crippen LogP contribution is -2.35. The minimum Gasteiger partial charge on any atom is -0.497 e. The van der Waals surface area contributed by atoms with E-state index in [1.165, 1.54) is 10.5 Å². The van der Waals surface area contributed by atoms with E-state index >= 15 is 0 Å². The van der Waals surface area contributed by atoms with Gasteiger partial charge in [-0.05, 0) is 44.9 Å². The maximum Gasteiger partial charge on any atom is 0.291 e. The summed E-state index contributed by atoms with van der Waals surface area (Å²) in [6, 6.07) is 8.73. The number of carbonyl (C=O) groups is 1. The molecule has 1 aliphatic heterocycles. The fourth-order valence-electron chi connectivity index (χ4n) is 3.67. The predicted molar refractivity (Wildman–Crippen MR) is 115 cm³/mol. The Hall–Kier alpha value is -2.67. The first-order valence-electron chi connectivity index (χ1n) is 10.0. The van der Waals surface area contributed by atoms with E-state index in [1.54, 1.807) is 21.2 Å². The normalized spacial score (nSPS) is 17.3. The highest BCUT2D eigenvalue weighted by molar-refractivity contribution is 5.90. The standard InChI is InChI=1S/C22H31N5O2/c1-14-15(2)24-20(22(28)26(4)5)25-21(14)27-11-10-18(13-27)23-16(3)17-8-7-9-19(12-17)29-6/h7-9,12,16,18,23H,10-11,13H2,1-6H3/t16?,18-/m1/s1. The molecule has 7 heteroatoms. The van der Waals surface area contributed by atoms with Crippen molar-refractivity contribution in [2.75, 3.05) is 39.2 Å². The van der Waals surface area contributed by atoms with Gasteiger partial charge in [-0.3, -0.25) is 4.79 Å². The molecule has 1 fully saturated rings. The molecular formula is C22H31N5O2. The molecule has 1 aromatic carbocycles. The Labute approximate surface area is 173 Å². The first kappa shape index (κ1) is 21.0. The number of nitrogens with one attached hydrogen (secondary N) is 1. The molecule has 1 saturated heterocycles. The molecule has 1 aromatic heterocycles. The first-order chi connectivity index (χ1) is 13.8. The van der Waals surface area contributed by atoms with Gasteiger partial charge in [-0.2, -0.15) is 0 Å². The molecule has 0 bridgehead atoms. The Balaban J connectivity index is 1.72. The van der Waals surface area contributed by atoms with Crippen LogP contribution in [-0.2, 0) is 0 Å². The van der Waals surface area contributed by atoms with Crippen LogP contribution in [0.3, 0.4) is 0 Å². The van der Waals surface area contributed by atoms with E-state index in [1.807, 2.05) is 26.0 Å². The quantitative estimate of drug-likeness (QED) is 0.808. The number of rotatable bonds is 6. The van der Waals surface area contributed by atoms with E-state index in [0.717, 1.165) is 42.3 Å². The summed E-state index contributed by atoms with van der Waals surface area (Å²) in [6.45, 7) is 7.87. The lowest BCUT2D eigenvalue weighted by atomic mass is 10.1. The van der Waals surface area contributed by atoms with Gasteiger partial charge < -0.3 is 19.9 Å². The van der Waals surface area contributed by atoms with E-state index in [-0.39, 0.29) is 17.8 Å². The van der Waals surface area contributed by atoms with E-state index < -0.39 is 0 Å². The number of anilines is 1. The molecular weight excluding hydrogens is 366 g/mol. The molecule has 1 aliphatic rings. The van der Waals surface area contributed by atoms with Crippen molar-refractivity contribution in [3.05, 3.63) is 46.9 Å². The number of aromatic nitrogens is 2. The van der Waals surface area contributed by atoms with Crippen molar-refractivity contribution >= 4 is 11.7 Å². The maximum atomic E-state index is 12.4. The van der Waals surface area contributed by atoms with Gasteiger partial charge >= 0.3 is 0 Å². The number of carbonyl (C=O) groups excluding carboxylic acids is 1. The van der Waals surface area contributed by atoms with Crippen molar-refractivity contribution in [2.45, 2.75) is 39.3 Å². The molecule has 3 rings (SSSR count). The molecule has 29 heavy (non-hydrogen) atoms. The van der Waals surface area contributed by atoms with Crippen molar-refractivity contribution in [1.29, 1.82) is 0 Å². The highest BCUT2D eigenvalue weighted by Crippen LogP contribution is 2.26. The SMILES string of the molecule is COc1cccc(C(C)N[C@@H]2CCN(c3nc(C(=O)N(C)C)nc(C)c3C)C2)c1. The minimum atomic E-state index is -0.171. The second kappa shape index (κ2) is 8.78. The van der Waals surface area contributed by atoms with Crippen molar-refractivity contribution in [3.8, 4) is 5.75 Å². The fraction of sp³-hybridized carbons (Fsp3) is 0.500. The summed E-state index contributed by atoms with van der Waals surface area (Å²) in [5.74, 6) is 1.82. The highest BCUT2D eigenvalue weighted by atomic mass is 16.5. The van der Waals surface area contributed by atoms with Crippen LogP contribution in [0.1, 0.15) is 46.8 Å². The van der Waals surface area contributed by atoms with E-state index in [9.17, 15) is 4.79 Å². The van der Waals surface area contributed by atoms with Crippen molar-refractivity contribution in [1.82, 2.24) is 20.2 Å². The zero-order valence-electron chi connectivity index (χ0n) is 18.2. The minimum absolute atomic E-state index is 0.171. The fourth-order valence-corrected chi connectivity index (χ4v) is 3.67. The van der Waals surface area contributed by atoms with Crippen LogP contribution in [0.2, 0.25) is 0 Å². The summed E-state index contributed by atoms with van der Waals surface area (Å²) in [7, 11) is 5.13. The summed E-state index contributed by atoms with van der Waals surface area (Å²) < 4.78 is 5.34. The third-order valence-corrected chi connectivity index (χ3v) is 5.53. The molecule has 0 radical (unpaired) electrons. The van der Waals surface area contributed by atoms with Gasteiger partial charge in [0.25, 0.3) is 5.91 Å². The molecule has 0 spiro atoms. The van der Waals surface area contributed by atoms with Gasteiger partial charge in [0.2, 0.25) is 5.82 Å². The zero-order valence-corrected chi connectivity index (χ0v) is 18.2. The second-order valence-corrected chi connectivity index (χ2v) is 7.88. The topological polar surface area (TPSA) is 70.6 Å². The van der Waals surface area contributed by atoms with Gasteiger partial charge in [0.15, 0.2) is 0 Å². The van der Waals surface area contributed by atoms with Gasteiger partial charge in [0.05, 0.1) is 7.11 Å². The summed E-state index contributed by atoms with van der Waals surface area (Å²) in [5, 5.41) is 3.72. The van der Waals surface area contributed by atoms with E-state index in [4.69, 9.17) is 4.74 Å². The number of hydrogen-bond donors (Lipinski definition) is 1. The number of ether oxygens (including phenoxy) is 1. The number of aryl methyl sites for hydroxylation is 1. The van der Waals surface area contributed by atoms with Crippen molar-refractivity contribution in [3.63, 3.8) is 0 Å². The maximum absolute atomic E-state index is 12.4. The Kier molecular flexibility index (Phi) is 6.37. The van der Waals surface area contributed by atoms with Crippen LogP contribution in [0.25, 0.3) is 0 Å². The van der Waals surface area contributed by atoms with E-state index in [2.05, 4.69) is 39.2 Å². The molecule has 0 saturated carbocycles. The zero-order chi connectivity index (χ0) is 21.1. The third kappa shape index (κ3) is 4.67. The third-order valence-electron chi connectivity index (χ3n) is 5.53. The van der Waals surface area contributed by atoms with Gasteiger partial charge in [0.1, 0.15) is 11.6 Å². The van der Waals surface area contributed by atoms with Crippen molar-refractivity contribution in [2.24, 2.45) is 0 Å². The summed E-state index contributed by atoms with van der Waals surface area (Å²) >= 11 is 0. The largest absolute Gasteiger partial charge is 0.497 e. The number of hydrogen-bond acceptors (Lipinski definition) is 6. The Bertz CT molecular complexity index is 884. The molecule has 2 heterocycles. The van der Waals surface area contributed by atoms with Crippen LogP contribution < -0.4 is 15.0 Å². The monoisotopic (exact) mass is 397 g/mol. The Morgan fingerprint density at radius 2 is 2.07 bits per heavy atom. The number of amides is 1. The Morgan fingerprint density at radius 1 is 1.31 bits per heavy atom. The summed E-state index contributed by atoms with van der Waals surface area (Å²) in [6.07, 6.45) is 1.02. The van der Waals surface area contributed by atoms with Crippen LogP contribution in [0, 0.1) is 13.8 Å². The summed E-state index contributed by atoms with van der Waals surface area (Å²) in [4.78, 5) is 25.1. The summed E-state index contributed by atoms with van der Waals surface area (Å²) in [5.41, 5.74) is 3.08. The molecule has 2 atom stereocenters. The van der Waals surface area contributed by atoms with Crippen LogP contribution in [0.4, 0.5) is 5.82 Å². The molecule has 2 aromatic rings. The Morgan fingerprint density at radius 3 is 2.76 bits per heavy atom. The van der Waals surface area contributed by atoms with Gasteiger partial charge in [0, 0.05) is 50.5 Å². The first-order valence-corrected chi connectivity index (χ1v) is 10.0. The molecule has 1 unspecified atom stereocenters. The number of nitrogens with zero attached hydrogens (tertiary/aromatic N) is 4. The van der Waals surface area contributed by atoms with Gasteiger partial charge in [-0.15, -0.1) is 0 Å².